The van der Waals surface area contributed by atoms with Gasteiger partial charge in [-0.3, -0.25) is 0 Å². The first-order chi connectivity index (χ1) is 7.37. The van der Waals surface area contributed by atoms with Crippen molar-refractivity contribution < 1.29 is 9.53 Å². The maximum absolute atomic E-state index is 12.0. The Labute approximate surface area is 102 Å². The van der Waals surface area contributed by atoms with Gasteiger partial charge in [-0.15, -0.1) is 11.6 Å². The fraction of sp³-hybridized carbons (Fsp3) is 0.917. The maximum atomic E-state index is 12.0. The summed E-state index contributed by atoms with van der Waals surface area (Å²) in [4.78, 5) is 13.8. The molecule has 2 rings (SSSR count). The average molecular weight is 246 g/mol. The molecule has 16 heavy (non-hydrogen) atoms. The van der Waals surface area contributed by atoms with Crippen LogP contribution in [0.1, 0.15) is 40.0 Å². The van der Waals surface area contributed by atoms with Gasteiger partial charge in [-0.05, 0) is 46.0 Å². The van der Waals surface area contributed by atoms with Crippen LogP contribution in [-0.4, -0.2) is 34.6 Å². The van der Waals surface area contributed by atoms with Crippen molar-refractivity contribution in [2.75, 3.05) is 6.54 Å². The number of hydrogen-bond donors (Lipinski definition) is 0. The summed E-state index contributed by atoms with van der Waals surface area (Å²) in [5.74, 6) is 0.466. The van der Waals surface area contributed by atoms with Crippen LogP contribution in [0.25, 0.3) is 0 Å². The zero-order chi connectivity index (χ0) is 11.9. The highest BCUT2D eigenvalue weighted by Gasteiger charge is 2.43. The molecule has 1 saturated heterocycles. The van der Waals surface area contributed by atoms with Crippen LogP contribution in [0.4, 0.5) is 4.79 Å². The number of nitrogens with zero attached hydrogens (tertiary/aromatic N) is 1. The van der Waals surface area contributed by atoms with Crippen molar-refractivity contribution in [1.29, 1.82) is 0 Å². The molecule has 0 aromatic heterocycles. The first kappa shape index (κ1) is 12.0. The Kier molecular flexibility index (Phi) is 3.08. The van der Waals surface area contributed by atoms with Gasteiger partial charge < -0.3 is 9.64 Å². The van der Waals surface area contributed by atoms with E-state index in [1.54, 1.807) is 0 Å². The second-order valence-electron chi connectivity index (χ2n) is 5.88. The molecule has 0 radical (unpaired) electrons. The van der Waals surface area contributed by atoms with Gasteiger partial charge in [0, 0.05) is 18.0 Å². The summed E-state index contributed by atoms with van der Waals surface area (Å²) in [5.41, 5.74) is -0.409. The zero-order valence-corrected chi connectivity index (χ0v) is 11.0. The van der Waals surface area contributed by atoms with Crippen molar-refractivity contribution in [3.63, 3.8) is 0 Å². The van der Waals surface area contributed by atoms with E-state index in [0.717, 1.165) is 25.8 Å². The summed E-state index contributed by atoms with van der Waals surface area (Å²) in [6, 6.07) is 0.356. The van der Waals surface area contributed by atoms with E-state index in [9.17, 15) is 4.79 Å². The number of carbonyl (C=O) groups excluding carboxylic acids is 1. The van der Waals surface area contributed by atoms with E-state index in [-0.39, 0.29) is 11.5 Å². The van der Waals surface area contributed by atoms with Crippen molar-refractivity contribution in [2.45, 2.75) is 57.1 Å². The summed E-state index contributed by atoms with van der Waals surface area (Å²) in [7, 11) is 0. The topological polar surface area (TPSA) is 29.5 Å². The Balaban J connectivity index is 1.99. The molecule has 2 bridgehead atoms. The molecule has 3 unspecified atom stereocenters. The molecule has 1 aliphatic carbocycles. The summed E-state index contributed by atoms with van der Waals surface area (Å²) < 4.78 is 5.41. The molecule has 1 amide bonds. The highest BCUT2D eigenvalue weighted by atomic mass is 35.5. The van der Waals surface area contributed by atoms with Gasteiger partial charge in [-0.2, -0.15) is 0 Å². The Morgan fingerprint density at radius 3 is 2.62 bits per heavy atom. The molecule has 2 fully saturated rings. The minimum atomic E-state index is -0.409. The second kappa shape index (κ2) is 4.10. The molecule has 2 aliphatic rings. The summed E-state index contributed by atoms with van der Waals surface area (Å²) in [5, 5.41) is 0.240. The van der Waals surface area contributed by atoms with E-state index in [0.29, 0.717) is 12.0 Å². The first-order valence-corrected chi connectivity index (χ1v) is 6.44. The predicted molar refractivity (Wildman–Crippen MR) is 63.7 cm³/mol. The highest BCUT2D eigenvalue weighted by Crippen LogP contribution is 2.38. The number of amides is 1. The Morgan fingerprint density at radius 2 is 2.06 bits per heavy atom. The van der Waals surface area contributed by atoms with E-state index in [1.807, 2.05) is 25.7 Å². The fourth-order valence-corrected chi connectivity index (χ4v) is 2.93. The molecule has 0 N–H and O–H groups in total. The van der Waals surface area contributed by atoms with Crippen LogP contribution in [0.15, 0.2) is 0 Å². The molecule has 92 valence electrons. The van der Waals surface area contributed by atoms with Crippen LogP contribution in [-0.2, 0) is 4.74 Å². The lowest BCUT2D eigenvalue weighted by molar-refractivity contribution is 0.0223. The third-order valence-electron chi connectivity index (χ3n) is 3.36. The third kappa shape index (κ3) is 2.45. The smallest absolute Gasteiger partial charge is 0.410 e. The van der Waals surface area contributed by atoms with Gasteiger partial charge >= 0.3 is 6.09 Å². The molecule has 3 nitrogen and oxygen atoms in total. The van der Waals surface area contributed by atoms with Gasteiger partial charge in [-0.1, -0.05) is 0 Å². The summed E-state index contributed by atoms with van der Waals surface area (Å²) in [6.45, 7) is 6.47. The average Bonchev–Trinajstić information content (AvgIpc) is 2.49. The van der Waals surface area contributed by atoms with Crippen LogP contribution < -0.4 is 0 Å². The normalized spacial score (nSPS) is 34.0. The van der Waals surface area contributed by atoms with Crippen molar-refractivity contribution in [3.8, 4) is 0 Å². The van der Waals surface area contributed by atoms with Gasteiger partial charge in [0.25, 0.3) is 0 Å². The van der Waals surface area contributed by atoms with Crippen LogP contribution in [0, 0.1) is 5.92 Å². The quantitative estimate of drug-likeness (QED) is 0.614. The minimum Gasteiger partial charge on any atom is -0.444 e. The number of rotatable bonds is 0. The molecule has 1 saturated carbocycles. The molecule has 0 aromatic carbocycles. The molecule has 1 heterocycles. The molecular weight excluding hydrogens is 226 g/mol. The monoisotopic (exact) mass is 245 g/mol. The Hall–Kier alpha value is -0.440. The van der Waals surface area contributed by atoms with E-state index >= 15 is 0 Å². The number of likely N-dealkylation sites (tertiary alicyclic amines) is 1. The van der Waals surface area contributed by atoms with Crippen LogP contribution >= 0.6 is 11.6 Å². The van der Waals surface area contributed by atoms with Gasteiger partial charge in [0.2, 0.25) is 0 Å². The number of halogens is 1. The van der Waals surface area contributed by atoms with E-state index in [4.69, 9.17) is 16.3 Å². The van der Waals surface area contributed by atoms with E-state index in [1.165, 1.54) is 0 Å². The number of hydrogen-bond acceptors (Lipinski definition) is 2. The number of alkyl halides is 1. The molecular formula is C12H20ClNO2. The minimum absolute atomic E-state index is 0.175. The fourth-order valence-electron chi connectivity index (χ4n) is 2.62. The largest absolute Gasteiger partial charge is 0.444 e. The lowest BCUT2D eigenvalue weighted by Crippen LogP contribution is -2.39. The zero-order valence-electron chi connectivity index (χ0n) is 10.2. The maximum Gasteiger partial charge on any atom is 0.410 e. The number of carbonyl (C=O) groups is 1. The lowest BCUT2D eigenvalue weighted by atomic mass is 9.90. The lowest BCUT2D eigenvalue weighted by Gasteiger charge is -2.28. The molecule has 0 spiro atoms. The first-order valence-electron chi connectivity index (χ1n) is 6.00. The van der Waals surface area contributed by atoms with Gasteiger partial charge in [0.05, 0.1) is 0 Å². The third-order valence-corrected chi connectivity index (χ3v) is 3.94. The van der Waals surface area contributed by atoms with Crippen LogP contribution in [0.3, 0.4) is 0 Å². The van der Waals surface area contributed by atoms with Gasteiger partial charge in [-0.25, -0.2) is 4.79 Å². The van der Waals surface area contributed by atoms with Crippen LogP contribution in [0.5, 0.6) is 0 Å². The van der Waals surface area contributed by atoms with Crippen molar-refractivity contribution in [2.24, 2.45) is 5.92 Å². The number of fused-ring (bicyclic) bond motifs is 2. The Morgan fingerprint density at radius 1 is 1.38 bits per heavy atom. The van der Waals surface area contributed by atoms with Crippen molar-refractivity contribution in [3.05, 3.63) is 0 Å². The van der Waals surface area contributed by atoms with Crippen LogP contribution in [0.2, 0.25) is 0 Å². The summed E-state index contributed by atoms with van der Waals surface area (Å²) >= 11 is 6.23. The Bertz CT molecular complexity index is 287. The SMILES string of the molecule is CC(C)(C)OC(=O)N1CC2CC1CCC2Cl. The number of ether oxygens (including phenoxy) is 1. The molecule has 1 aliphatic heterocycles. The van der Waals surface area contributed by atoms with Gasteiger partial charge in [0.1, 0.15) is 5.60 Å². The van der Waals surface area contributed by atoms with Gasteiger partial charge in [0.15, 0.2) is 0 Å². The molecule has 3 atom stereocenters. The van der Waals surface area contributed by atoms with Crippen molar-refractivity contribution >= 4 is 17.7 Å². The van der Waals surface area contributed by atoms with Crippen molar-refractivity contribution in [1.82, 2.24) is 4.90 Å². The predicted octanol–water partition coefficient (Wildman–Crippen LogP) is 3.01. The van der Waals surface area contributed by atoms with E-state index in [2.05, 4.69) is 0 Å². The molecule has 0 aromatic rings. The molecule has 4 heteroatoms. The van der Waals surface area contributed by atoms with E-state index < -0.39 is 5.60 Å². The summed E-state index contributed by atoms with van der Waals surface area (Å²) in [6.07, 6.45) is 2.92. The highest BCUT2D eigenvalue weighted by molar-refractivity contribution is 6.20. The second-order valence-corrected chi connectivity index (χ2v) is 6.44. The standard InChI is InChI=1S/C12H20ClNO2/c1-12(2,3)16-11(15)14-7-8-6-9(14)4-5-10(8)13/h8-10H,4-7H2,1-3H3.